The van der Waals surface area contributed by atoms with E-state index >= 15 is 0 Å². The van der Waals surface area contributed by atoms with Gasteiger partial charge in [0, 0.05) is 37.7 Å². The third kappa shape index (κ3) is 4.42. The second-order valence-corrected chi connectivity index (χ2v) is 9.25. The Morgan fingerprint density at radius 1 is 1.27 bits per heavy atom. The Kier molecular flexibility index (Phi) is 6.86. The van der Waals surface area contributed by atoms with Crippen LogP contribution in [0.25, 0.3) is 0 Å². The summed E-state index contributed by atoms with van der Waals surface area (Å²) in [5.74, 6) is -0.970. The molecule has 0 unspecified atom stereocenters. The molecule has 2 aliphatic rings. The summed E-state index contributed by atoms with van der Waals surface area (Å²) in [7, 11) is 3.22. The fourth-order valence-electron chi connectivity index (χ4n) is 4.89. The molecule has 1 aliphatic carbocycles. The number of carbonyl (C=O) groups is 3. The first-order valence-corrected chi connectivity index (χ1v) is 11.6. The second kappa shape index (κ2) is 9.65. The molecule has 2 heterocycles. The van der Waals surface area contributed by atoms with E-state index in [1.54, 1.807) is 36.2 Å². The van der Waals surface area contributed by atoms with Crippen molar-refractivity contribution in [1.29, 1.82) is 0 Å². The van der Waals surface area contributed by atoms with E-state index in [0.717, 1.165) is 37.1 Å². The van der Waals surface area contributed by atoms with Gasteiger partial charge in [-0.3, -0.25) is 24.4 Å². The zero-order valence-electron chi connectivity index (χ0n) is 19.0. The molecule has 1 aliphatic heterocycles. The largest absolute Gasteiger partial charge is 0.383 e. The number of benzene rings is 1. The molecule has 1 fully saturated rings. The van der Waals surface area contributed by atoms with Gasteiger partial charge in [0.25, 0.3) is 0 Å². The summed E-state index contributed by atoms with van der Waals surface area (Å²) in [5, 5.41) is 7.90. The number of likely N-dealkylation sites (tertiary alicyclic amines) is 1. The predicted octanol–water partition coefficient (Wildman–Crippen LogP) is 2.63. The maximum absolute atomic E-state index is 13.6. The van der Waals surface area contributed by atoms with E-state index < -0.39 is 11.3 Å². The topological polar surface area (TPSA) is 95.6 Å². The van der Waals surface area contributed by atoms with Crippen molar-refractivity contribution in [2.24, 2.45) is 0 Å². The van der Waals surface area contributed by atoms with Crippen molar-refractivity contribution in [2.45, 2.75) is 50.5 Å². The number of carbonyl (C=O) groups excluding carboxylic acids is 3. The summed E-state index contributed by atoms with van der Waals surface area (Å²) >= 11 is 6.47. The van der Waals surface area contributed by atoms with Crippen molar-refractivity contribution in [3.8, 4) is 0 Å². The number of aryl methyl sites for hydroxylation is 1. The fourth-order valence-corrected chi connectivity index (χ4v) is 5.21. The Bertz CT molecular complexity index is 1070. The average Bonchev–Trinajstić information content (AvgIpc) is 3.31. The number of ether oxygens (including phenoxy) is 1. The van der Waals surface area contributed by atoms with E-state index in [9.17, 15) is 14.4 Å². The number of H-pyrrole nitrogens is 1. The smallest absolute Gasteiger partial charge is 0.241 e. The number of aromatic amines is 1. The van der Waals surface area contributed by atoms with E-state index in [-0.39, 0.29) is 37.8 Å². The number of nitrogens with one attached hydrogen (secondary N) is 1. The Morgan fingerprint density at radius 2 is 2.03 bits per heavy atom. The maximum Gasteiger partial charge on any atom is 0.241 e. The number of amides is 3. The first-order chi connectivity index (χ1) is 15.9. The molecule has 1 aromatic carbocycles. The summed E-state index contributed by atoms with van der Waals surface area (Å²) in [4.78, 5) is 42.6. The van der Waals surface area contributed by atoms with E-state index in [4.69, 9.17) is 16.3 Å². The van der Waals surface area contributed by atoms with E-state index in [1.165, 1.54) is 17.6 Å². The van der Waals surface area contributed by atoms with Crippen molar-refractivity contribution in [1.82, 2.24) is 20.0 Å². The van der Waals surface area contributed by atoms with Gasteiger partial charge in [-0.25, -0.2) is 0 Å². The number of aromatic nitrogens is 2. The van der Waals surface area contributed by atoms with Gasteiger partial charge in [0.15, 0.2) is 0 Å². The van der Waals surface area contributed by atoms with Crippen molar-refractivity contribution in [3.63, 3.8) is 0 Å². The van der Waals surface area contributed by atoms with Crippen molar-refractivity contribution >= 4 is 29.3 Å². The number of halogens is 1. The lowest BCUT2D eigenvalue weighted by Crippen LogP contribution is -2.43. The molecular formula is C24H29ClN4O4. The minimum Gasteiger partial charge on any atom is -0.383 e. The third-order valence-electron chi connectivity index (χ3n) is 6.72. The average molecular weight is 473 g/mol. The van der Waals surface area contributed by atoms with Gasteiger partial charge in [0.1, 0.15) is 0 Å². The number of imide groups is 1. The van der Waals surface area contributed by atoms with Gasteiger partial charge in [-0.15, -0.1) is 0 Å². The van der Waals surface area contributed by atoms with E-state index in [0.29, 0.717) is 17.1 Å². The van der Waals surface area contributed by atoms with Crippen molar-refractivity contribution in [3.05, 3.63) is 51.8 Å². The lowest BCUT2D eigenvalue weighted by atomic mass is 9.75. The Labute approximate surface area is 198 Å². The normalized spacial score (nSPS) is 20.3. The molecule has 0 radical (unpaired) electrons. The molecule has 4 rings (SSSR count). The molecular weight excluding hydrogens is 444 g/mol. The molecule has 176 valence electrons. The maximum atomic E-state index is 13.6. The van der Waals surface area contributed by atoms with Crippen LogP contribution in [-0.2, 0) is 43.9 Å². The second-order valence-electron chi connectivity index (χ2n) is 8.84. The molecule has 33 heavy (non-hydrogen) atoms. The monoisotopic (exact) mass is 472 g/mol. The summed E-state index contributed by atoms with van der Waals surface area (Å²) in [5.41, 5.74) is 2.38. The Hall–Kier alpha value is -2.71. The molecule has 0 saturated carbocycles. The molecule has 0 bridgehead atoms. The number of methoxy groups -OCH3 is 1. The van der Waals surface area contributed by atoms with E-state index in [1.807, 2.05) is 0 Å². The highest BCUT2D eigenvalue weighted by Gasteiger charge is 2.54. The summed E-state index contributed by atoms with van der Waals surface area (Å²) in [6.07, 6.45) is 3.93. The van der Waals surface area contributed by atoms with Crippen LogP contribution in [-0.4, -0.2) is 65.0 Å². The minimum absolute atomic E-state index is 0.101. The van der Waals surface area contributed by atoms with Crippen molar-refractivity contribution in [2.75, 3.05) is 27.3 Å². The fraction of sp³-hybridized carbons (Fsp3) is 0.500. The molecule has 1 atom stereocenters. The SMILES string of the molecule is COCCN1C(=O)C[C@@](CC(=O)N(C)Cc2n[nH]c3c2CCCC3)(c2ccccc2Cl)C1=O. The standard InChI is InChI=1S/C24H29ClN4O4/c1-28(15-20-16-7-3-6-10-19(16)26-27-20)21(30)13-24(17-8-4-5-9-18(17)25)14-22(31)29(23(24)32)11-12-33-2/h4-5,8-9H,3,6-7,10-15H2,1-2H3,(H,26,27)/t24-/m0/s1. The third-order valence-corrected chi connectivity index (χ3v) is 7.05. The van der Waals surface area contributed by atoms with E-state index in [2.05, 4.69) is 10.2 Å². The van der Waals surface area contributed by atoms with Crippen LogP contribution in [0.1, 0.15) is 48.2 Å². The van der Waals surface area contributed by atoms with Crippen LogP contribution in [0.4, 0.5) is 0 Å². The Morgan fingerprint density at radius 3 is 2.79 bits per heavy atom. The summed E-state index contributed by atoms with van der Waals surface area (Å²) < 4.78 is 5.06. The quantitative estimate of drug-likeness (QED) is 0.596. The van der Waals surface area contributed by atoms with Gasteiger partial charge in [-0.05, 0) is 42.9 Å². The number of hydrogen-bond acceptors (Lipinski definition) is 5. The van der Waals surface area contributed by atoms with Gasteiger partial charge >= 0.3 is 0 Å². The van der Waals surface area contributed by atoms with Gasteiger partial charge in [-0.2, -0.15) is 5.10 Å². The zero-order chi connectivity index (χ0) is 23.6. The summed E-state index contributed by atoms with van der Waals surface area (Å²) in [6, 6.07) is 6.93. The van der Waals surface area contributed by atoms with Gasteiger partial charge in [-0.1, -0.05) is 29.8 Å². The van der Waals surface area contributed by atoms with Crippen LogP contribution in [0.15, 0.2) is 24.3 Å². The van der Waals surface area contributed by atoms with Crippen LogP contribution in [0.3, 0.4) is 0 Å². The van der Waals surface area contributed by atoms with Crippen molar-refractivity contribution < 1.29 is 19.1 Å². The highest BCUT2D eigenvalue weighted by molar-refractivity contribution is 6.32. The minimum atomic E-state index is -1.33. The number of nitrogens with zero attached hydrogens (tertiary/aromatic N) is 3. The zero-order valence-corrected chi connectivity index (χ0v) is 19.8. The van der Waals surface area contributed by atoms with Crippen LogP contribution in [0.2, 0.25) is 5.02 Å². The molecule has 3 amide bonds. The molecule has 1 aromatic heterocycles. The highest BCUT2D eigenvalue weighted by atomic mass is 35.5. The highest BCUT2D eigenvalue weighted by Crippen LogP contribution is 2.43. The first kappa shape index (κ1) is 23.4. The summed E-state index contributed by atoms with van der Waals surface area (Å²) in [6.45, 7) is 0.719. The van der Waals surface area contributed by atoms with Crippen LogP contribution in [0, 0.1) is 0 Å². The molecule has 1 N–H and O–H groups in total. The lowest BCUT2D eigenvalue weighted by molar-refractivity contribution is -0.143. The molecule has 0 spiro atoms. The van der Waals surface area contributed by atoms with Crippen LogP contribution < -0.4 is 0 Å². The molecule has 1 saturated heterocycles. The number of fused-ring (bicyclic) bond motifs is 1. The molecule has 2 aromatic rings. The number of hydrogen-bond donors (Lipinski definition) is 1. The lowest BCUT2D eigenvalue weighted by Gasteiger charge is -2.30. The van der Waals surface area contributed by atoms with Gasteiger partial charge in [0.05, 0.1) is 30.8 Å². The molecule has 9 heteroatoms. The molecule has 8 nitrogen and oxygen atoms in total. The van der Waals surface area contributed by atoms with Gasteiger partial charge in [0.2, 0.25) is 17.7 Å². The van der Waals surface area contributed by atoms with Crippen LogP contribution in [0.5, 0.6) is 0 Å². The first-order valence-electron chi connectivity index (χ1n) is 11.2. The number of rotatable bonds is 8. The Balaban J connectivity index is 1.60. The van der Waals surface area contributed by atoms with Gasteiger partial charge < -0.3 is 9.64 Å². The van der Waals surface area contributed by atoms with Crippen LogP contribution >= 0.6 is 11.6 Å². The predicted molar refractivity (Wildman–Crippen MR) is 123 cm³/mol.